The molecular formula is C13H16N4O3. The Balaban J connectivity index is 1.89. The molecule has 106 valence electrons. The molecular weight excluding hydrogens is 260 g/mol. The summed E-state index contributed by atoms with van der Waals surface area (Å²) in [5.41, 5.74) is 8.54. The first-order valence-electron chi connectivity index (χ1n) is 6.47. The summed E-state index contributed by atoms with van der Waals surface area (Å²) >= 11 is 0. The number of hydrogen-bond acceptors (Lipinski definition) is 5. The number of aromatic amines is 1. The Bertz CT molecular complexity index is 710. The molecule has 7 nitrogen and oxygen atoms in total. The molecule has 1 fully saturated rings. The first kappa shape index (κ1) is 12.6. The highest BCUT2D eigenvalue weighted by molar-refractivity contribution is 5.85. The molecule has 0 radical (unpaired) electrons. The molecule has 0 saturated carbocycles. The fourth-order valence-electron chi connectivity index (χ4n) is 2.54. The maximum absolute atomic E-state index is 11.3. The van der Waals surface area contributed by atoms with E-state index in [2.05, 4.69) is 9.88 Å². The van der Waals surface area contributed by atoms with E-state index in [1.54, 1.807) is 13.0 Å². The number of carbonyl (C=O) groups excluding carboxylic acids is 1. The smallest absolute Gasteiger partial charge is 0.408 e. The van der Waals surface area contributed by atoms with Crippen molar-refractivity contribution in [2.24, 2.45) is 0 Å². The van der Waals surface area contributed by atoms with Crippen LogP contribution >= 0.6 is 0 Å². The summed E-state index contributed by atoms with van der Waals surface area (Å²) < 4.78 is 4.98. The number of nitrogens with one attached hydrogen (secondary N) is 1. The van der Waals surface area contributed by atoms with Crippen molar-refractivity contribution in [3.63, 3.8) is 0 Å². The van der Waals surface area contributed by atoms with E-state index in [-0.39, 0.29) is 5.91 Å². The molecule has 1 aliphatic heterocycles. The van der Waals surface area contributed by atoms with Crippen molar-refractivity contribution < 1.29 is 9.21 Å². The van der Waals surface area contributed by atoms with Gasteiger partial charge in [-0.25, -0.2) is 4.79 Å². The van der Waals surface area contributed by atoms with Crippen molar-refractivity contribution in [1.29, 1.82) is 0 Å². The molecule has 0 unspecified atom stereocenters. The maximum Gasteiger partial charge on any atom is 0.417 e. The van der Waals surface area contributed by atoms with Gasteiger partial charge < -0.3 is 20.0 Å². The maximum atomic E-state index is 11.3. The van der Waals surface area contributed by atoms with Gasteiger partial charge in [0.05, 0.1) is 16.9 Å². The van der Waals surface area contributed by atoms with Crippen LogP contribution in [0.5, 0.6) is 0 Å². The number of fused-ring (bicyclic) bond motifs is 1. The predicted octanol–water partition coefficient (Wildman–Crippen LogP) is 0.372. The van der Waals surface area contributed by atoms with E-state index in [1.807, 2.05) is 11.0 Å². The Kier molecular flexibility index (Phi) is 2.89. The molecule has 3 N–H and O–H groups in total. The Morgan fingerprint density at radius 2 is 2.00 bits per heavy atom. The van der Waals surface area contributed by atoms with Gasteiger partial charge in [-0.15, -0.1) is 0 Å². The van der Waals surface area contributed by atoms with Gasteiger partial charge in [0.15, 0.2) is 5.58 Å². The number of hydrogen-bond donors (Lipinski definition) is 2. The van der Waals surface area contributed by atoms with Gasteiger partial charge in [0.2, 0.25) is 5.91 Å². The van der Waals surface area contributed by atoms with Gasteiger partial charge in [-0.3, -0.25) is 9.78 Å². The Morgan fingerprint density at radius 1 is 1.30 bits per heavy atom. The summed E-state index contributed by atoms with van der Waals surface area (Å²) in [5, 5.41) is 0. The number of rotatable bonds is 1. The second kappa shape index (κ2) is 4.59. The number of amides is 1. The minimum Gasteiger partial charge on any atom is -0.408 e. The Labute approximate surface area is 114 Å². The normalized spacial score (nSPS) is 15.8. The lowest BCUT2D eigenvalue weighted by atomic mass is 10.2. The first-order valence-corrected chi connectivity index (χ1v) is 6.47. The van der Waals surface area contributed by atoms with Gasteiger partial charge >= 0.3 is 5.76 Å². The fraction of sp³-hybridized carbons (Fsp3) is 0.385. The van der Waals surface area contributed by atoms with Crippen molar-refractivity contribution in [2.45, 2.75) is 6.92 Å². The standard InChI is InChI=1S/C13H16N4O3/c1-8(18)16-2-4-17(5-3-16)11-7-10-12(6-9(11)14)20-13(19)15-10/h6-7H,2-5,14H2,1H3,(H,15,19). The van der Waals surface area contributed by atoms with Crippen LogP contribution in [0, 0.1) is 0 Å². The van der Waals surface area contributed by atoms with Gasteiger partial charge in [-0.05, 0) is 6.07 Å². The molecule has 3 rings (SSSR count). The third-order valence-corrected chi connectivity index (χ3v) is 3.63. The number of nitrogen functional groups attached to an aromatic ring is 1. The van der Waals surface area contributed by atoms with Crippen LogP contribution < -0.4 is 16.4 Å². The van der Waals surface area contributed by atoms with E-state index in [9.17, 15) is 9.59 Å². The number of oxazole rings is 1. The van der Waals surface area contributed by atoms with Crippen molar-refractivity contribution in [3.8, 4) is 0 Å². The van der Waals surface area contributed by atoms with Crippen molar-refractivity contribution >= 4 is 28.4 Å². The molecule has 0 atom stereocenters. The molecule has 0 spiro atoms. The summed E-state index contributed by atoms with van der Waals surface area (Å²) in [6.45, 7) is 4.37. The summed E-state index contributed by atoms with van der Waals surface area (Å²) in [6, 6.07) is 3.47. The molecule has 0 aliphatic carbocycles. The van der Waals surface area contributed by atoms with Crippen LogP contribution in [0.4, 0.5) is 11.4 Å². The summed E-state index contributed by atoms with van der Waals surface area (Å²) in [4.78, 5) is 29.0. The van der Waals surface area contributed by atoms with Crippen molar-refractivity contribution in [2.75, 3.05) is 36.8 Å². The lowest BCUT2D eigenvalue weighted by Crippen LogP contribution is -2.48. The van der Waals surface area contributed by atoms with Gasteiger partial charge in [0.1, 0.15) is 0 Å². The third-order valence-electron chi connectivity index (χ3n) is 3.63. The van der Waals surface area contributed by atoms with E-state index in [4.69, 9.17) is 10.2 Å². The van der Waals surface area contributed by atoms with Crippen LogP contribution in [0.2, 0.25) is 0 Å². The van der Waals surface area contributed by atoms with Crippen molar-refractivity contribution in [1.82, 2.24) is 9.88 Å². The first-order chi connectivity index (χ1) is 9.54. The lowest BCUT2D eigenvalue weighted by Gasteiger charge is -2.36. The Morgan fingerprint density at radius 3 is 2.65 bits per heavy atom. The minimum absolute atomic E-state index is 0.0900. The molecule has 2 heterocycles. The van der Waals surface area contributed by atoms with E-state index < -0.39 is 5.76 Å². The molecule has 1 aromatic heterocycles. The molecule has 1 amide bonds. The quantitative estimate of drug-likeness (QED) is 0.734. The van der Waals surface area contributed by atoms with E-state index in [1.165, 1.54) is 0 Å². The summed E-state index contributed by atoms with van der Waals surface area (Å²) in [5.74, 6) is -0.398. The average Bonchev–Trinajstić information content (AvgIpc) is 2.77. The minimum atomic E-state index is -0.488. The third kappa shape index (κ3) is 2.11. The topological polar surface area (TPSA) is 95.6 Å². The molecule has 20 heavy (non-hydrogen) atoms. The second-order valence-corrected chi connectivity index (χ2v) is 4.91. The molecule has 1 aromatic carbocycles. The number of aromatic nitrogens is 1. The molecule has 2 aromatic rings. The zero-order valence-electron chi connectivity index (χ0n) is 11.2. The number of benzene rings is 1. The monoisotopic (exact) mass is 276 g/mol. The van der Waals surface area contributed by atoms with Crippen molar-refractivity contribution in [3.05, 3.63) is 22.7 Å². The van der Waals surface area contributed by atoms with E-state index >= 15 is 0 Å². The molecule has 7 heteroatoms. The van der Waals surface area contributed by atoms with Crippen LogP contribution in [0.25, 0.3) is 11.1 Å². The van der Waals surface area contributed by atoms with Gasteiger partial charge in [-0.1, -0.05) is 0 Å². The van der Waals surface area contributed by atoms with Crippen LogP contribution in [0.3, 0.4) is 0 Å². The van der Waals surface area contributed by atoms with Crippen LogP contribution in [0.1, 0.15) is 6.92 Å². The fourth-order valence-corrected chi connectivity index (χ4v) is 2.54. The number of H-pyrrole nitrogens is 1. The number of nitrogens with two attached hydrogens (primary N) is 1. The Hall–Kier alpha value is -2.44. The van der Waals surface area contributed by atoms with Crippen LogP contribution in [-0.2, 0) is 4.79 Å². The van der Waals surface area contributed by atoms with E-state index in [0.29, 0.717) is 29.9 Å². The number of piperazine rings is 1. The largest absolute Gasteiger partial charge is 0.417 e. The zero-order chi connectivity index (χ0) is 14.3. The van der Waals surface area contributed by atoms with Gasteiger partial charge in [0, 0.05) is 39.2 Å². The van der Waals surface area contributed by atoms with Gasteiger partial charge in [0.25, 0.3) is 0 Å². The highest BCUT2D eigenvalue weighted by Gasteiger charge is 2.21. The molecule has 0 bridgehead atoms. The average molecular weight is 276 g/mol. The second-order valence-electron chi connectivity index (χ2n) is 4.91. The number of anilines is 2. The lowest BCUT2D eigenvalue weighted by molar-refractivity contribution is -0.129. The van der Waals surface area contributed by atoms with Crippen LogP contribution in [0.15, 0.2) is 21.3 Å². The number of nitrogens with zero attached hydrogens (tertiary/aromatic N) is 2. The highest BCUT2D eigenvalue weighted by atomic mass is 16.4. The zero-order valence-corrected chi connectivity index (χ0v) is 11.2. The highest BCUT2D eigenvalue weighted by Crippen LogP contribution is 2.28. The number of carbonyl (C=O) groups is 1. The van der Waals surface area contributed by atoms with Crippen LogP contribution in [-0.4, -0.2) is 42.0 Å². The summed E-state index contributed by atoms with van der Waals surface area (Å²) in [6.07, 6.45) is 0. The SMILES string of the molecule is CC(=O)N1CCN(c2cc3[nH]c(=O)oc3cc2N)CC1. The van der Waals surface area contributed by atoms with Gasteiger partial charge in [-0.2, -0.15) is 0 Å². The summed E-state index contributed by atoms with van der Waals surface area (Å²) in [7, 11) is 0. The molecule has 1 saturated heterocycles. The molecule has 1 aliphatic rings. The van der Waals surface area contributed by atoms with E-state index in [0.717, 1.165) is 18.8 Å². The predicted molar refractivity (Wildman–Crippen MR) is 75.7 cm³/mol.